The second-order valence-electron chi connectivity index (χ2n) is 3.95. The zero-order valence-electron chi connectivity index (χ0n) is 9.99. The average Bonchev–Trinajstić information content (AvgIpc) is 2.33. The Bertz CT molecular complexity index is 412. The van der Waals surface area contributed by atoms with Gasteiger partial charge in [-0.05, 0) is 31.4 Å². The van der Waals surface area contributed by atoms with E-state index in [1.807, 2.05) is 6.07 Å². The molecule has 6 heteroatoms. The van der Waals surface area contributed by atoms with Gasteiger partial charge < -0.3 is 14.5 Å². The molecule has 0 atom stereocenters. The van der Waals surface area contributed by atoms with E-state index in [0.29, 0.717) is 24.8 Å². The first-order valence-electron chi connectivity index (χ1n) is 5.76. The van der Waals surface area contributed by atoms with Crippen LogP contribution < -0.4 is 0 Å². The van der Waals surface area contributed by atoms with Crippen molar-refractivity contribution in [3.05, 3.63) is 35.9 Å². The third-order valence-corrected chi connectivity index (χ3v) is 3.24. The van der Waals surface area contributed by atoms with E-state index in [0.717, 1.165) is 0 Å². The number of carbonyl (C=O) groups is 1. The number of carbonyl (C=O) groups excluding carboxylic acids is 1. The van der Waals surface area contributed by atoms with Crippen LogP contribution in [0.1, 0.15) is 29.6 Å². The van der Waals surface area contributed by atoms with E-state index < -0.39 is 7.60 Å². The first-order chi connectivity index (χ1) is 8.49. The lowest BCUT2D eigenvalue weighted by Gasteiger charge is -2.05. The molecule has 5 nitrogen and oxygen atoms in total. The highest BCUT2D eigenvalue weighted by Gasteiger charge is 2.11. The second kappa shape index (κ2) is 7.31. The lowest BCUT2D eigenvalue weighted by molar-refractivity contribution is 0.0498. The van der Waals surface area contributed by atoms with E-state index >= 15 is 0 Å². The summed E-state index contributed by atoms with van der Waals surface area (Å²) in [5.41, 5.74) is 0.507. The molecule has 0 aliphatic rings. The van der Waals surface area contributed by atoms with Crippen LogP contribution in [0.25, 0.3) is 0 Å². The van der Waals surface area contributed by atoms with Gasteiger partial charge in [0.1, 0.15) is 0 Å². The fraction of sp³-hybridized carbons (Fsp3) is 0.417. The van der Waals surface area contributed by atoms with Crippen molar-refractivity contribution in [3.8, 4) is 0 Å². The Labute approximate surface area is 106 Å². The maximum Gasteiger partial charge on any atom is 0.338 e. The summed E-state index contributed by atoms with van der Waals surface area (Å²) in [5, 5.41) is 0. The van der Waals surface area contributed by atoms with Gasteiger partial charge in [-0.1, -0.05) is 18.2 Å². The summed E-state index contributed by atoms with van der Waals surface area (Å²) in [7, 11) is -3.89. The molecule has 0 saturated carbocycles. The van der Waals surface area contributed by atoms with Crippen LogP contribution in [0.4, 0.5) is 0 Å². The van der Waals surface area contributed by atoms with Crippen LogP contribution in [0.2, 0.25) is 0 Å². The van der Waals surface area contributed by atoms with Crippen molar-refractivity contribution in [3.63, 3.8) is 0 Å². The van der Waals surface area contributed by atoms with Gasteiger partial charge in [0.15, 0.2) is 0 Å². The Hall–Kier alpha value is -1.16. The maximum absolute atomic E-state index is 11.5. The van der Waals surface area contributed by atoms with Crippen LogP contribution in [0, 0.1) is 0 Å². The van der Waals surface area contributed by atoms with Crippen LogP contribution in [0.3, 0.4) is 0 Å². The highest BCUT2D eigenvalue weighted by molar-refractivity contribution is 7.51. The summed E-state index contributed by atoms with van der Waals surface area (Å²) in [6.07, 6.45) is 1.57. The third kappa shape index (κ3) is 6.55. The van der Waals surface area contributed by atoms with E-state index in [-0.39, 0.29) is 18.7 Å². The molecule has 0 heterocycles. The van der Waals surface area contributed by atoms with Gasteiger partial charge in [-0.25, -0.2) is 4.79 Å². The molecule has 0 bridgehead atoms. The van der Waals surface area contributed by atoms with Gasteiger partial charge in [-0.2, -0.15) is 0 Å². The van der Waals surface area contributed by atoms with E-state index in [1.165, 1.54) is 0 Å². The SMILES string of the molecule is O=C(OCCCCCP(=O)(O)O)c1ccccc1. The Morgan fingerprint density at radius 3 is 2.39 bits per heavy atom. The van der Waals surface area contributed by atoms with Gasteiger partial charge in [0.05, 0.1) is 12.2 Å². The van der Waals surface area contributed by atoms with E-state index in [2.05, 4.69) is 0 Å². The largest absolute Gasteiger partial charge is 0.462 e. The molecule has 0 amide bonds. The van der Waals surface area contributed by atoms with Crippen molar-refractivity contribution in [1.82, 2.24) is 0 Å². The fourth-order valence-corrected chi connectivity index (χ4v) is 2.05. The van der Waals surface area contributed by atoms with Crippen molar-refractivity contribution in [2.75, 3.05) is 12.8 Å². The molecule has 2 N–H and O–H groups in total. The lowest BCUT2D eigenvalue weighted by atomic mass is 10.2. The minimum atomic E-state index is -3.89. The van der Waals surface area contributed by atoms with Crippen LogP contribution >= 0.6 is 7.60 Å². The highest BCUT2D eigenvalue weighted by atomic mass is 31.2. The van der Waals surface area contributed by atoms with Gasteiger partial charge in [-0.15, -0.1) is 0 Å². The zero-order chi connectivity index (χ0) is 13.4. The first kappa shape index (κ1) is 14.9. The van der Waals surface area contributed by atoms with Crippen molar-refractivity contribution in [1.29, 1.82) is 0 Å². The Morgan fingerprint density at radius 2 is 1.78 bits per heavy atom. The van der Waals surface area contributed by atoms with Crippen LogP contribution in [-0.4, -0.2) is 28.5 Å². The van der Waals surface area contributed by atoms with Crippen molar-refractivity contribution < 1.29 is 23.9 Å². The minimum Gasteiger partial charge on any atom is -0.462 e. The molecular formula is C12H17O5P. The van der Waals surface area contributed by atoms with Gasteiger partial charge in [0.25, 0.3) is 0 Å². The summed E-state index contributed by atoms with van der Waals surface area (Å²) >= 11 is 0. The molecule has 0 unspecified atom stereocenters. The summed E-state index contributed by atoms with van der Waals surface area (Å²) in [6, 6.07) is 8.69. The van der Waals surface area contributed by atoms with E-state index in [4.69, 9.17) is 14.5 Å². The molecule has 0 fully saturated rings. The maximum atomic E-state index is 11.5. The quantitative estimate of drug-likeness (QED) is 0.451. The molecular weight excluding hydrogens is 255 g/mol. The van der Waals surface area contributed by atoms with Crippen molar-refractivity contribution in [2.24, 2.45) is 0 Å². The number of ether oxygens (including phenoxy) is 1. The van der Waals surface area contributed by atoms with Crippen molar-refractivity contribution >= 4 is 13.6 Å². The zero-order valence-corrected chi connectivity index (χ0v) is 10.9. The summed E-state index contributed by atoms with van der Waals surface area (Å²) < 4.78 is 15.6. The Balaban J connectivity index is 2.12. The average molecular weight is 272 g/mol. The standard InChI is InChI=1S/C12H17O5P/c13-12(11-7-3-1-4-8-11)17-9-5-2-6-10-18(14,15)16/h1,3-4,7-8H,2,5-6,9-10H2,(H2,14,15,16). The number of benzene rings is 1. The fourth-order valence-electron chi connectivity index (χ4n) is 1.42. The lowest BCUT2D eigenvalue weighted by Crippen LogP contribution is -2.06. The van der Waals surface area contributed by atoms with Crippen LogP contribution in [0.15, 0.2) is 30.3 Å². The van der Waals surface area contributed by atoms with Crippen molar-refractivity contribution in [2.45, 2.75) is 19.3 Å². The molecule has 18 heavy (non-hydrogen) atoms. The molecule has 0 saturated heterocycles. The van der Waals surface area contributed by atoms with Gasteiger partial charge in [0, 0.05) is 6.16 Å². The molecule has 1 rings (SSSR count). The predicted molar refractivity (Wildman–Crippen MR) is 67.5 cm³/mol. The van der Waals surface area contributed by atoms with E-state index in [1.54, 1.807) is 24.3 Å². The first-order valence-corrected chi connectivity index (χ1v) is 7.55. The predicted octanol–water partition coefficient (Wildman–Crippen LogP) is 2.19. The second-order valence-corrected chi connectivity index (χ2v) is 5.73. The van der Waals surface area contributed by atoms with Gasteiger partial charge in [0.2, 0.25) is 0 Å². The number of rotatable bonds is 7. The molecule has 0 aliphatic heterocycles. The monoisotopic (exact) mass is 272 g/mol. The molecule has 0 aliphatic carbocycles. The smallest absolute Gasteiger partial charge is 0.338 e. The Kier molecular flexibility index (Phi) is 6.05. The molecule has 1 aromatic rings. The third-order valence-electron chi connectivity index (χ3n) is 2.34. The molecule has 1 aromatic carbocycles. The molecule has 0 spiro atoms. The van der Waals surface area contributed by atoms with E-state index in [9.17, 15) is 9.36 Å². The number of hydrogen-bond donors (Lipinski definition) is 2. The number of hydrogen-bond acceptors (Lipinski definition) is 3. The minimum absolute atomic E-state index is 0.111. The molecule has 100 valence electrons. The van der Waals surface area contributed by atoms with Gasteiger partial charge >= 0.3 is 13.6 Å². The van der Waals surface area contributed by atoms with Gasteiger partial charge in [-0.3, -0.25) is 4.57 Å². The normalized spacial score (nSPS) is 11.2. The summed E-state index contributed by atoms with van der Waals surface area (Å²) in [6.45, 7) is 0.273. The summed E-state index contributed by atoms with van der Waals surface area (Å²) in [4.78, 5) is 28.8. The highest BCUT2D eigenvalue weighted by Crippen LogP contribution is 2.35. The molecule has 0 aromatic heterocycles. The van der Waals surface area contributed by atoms with Crippen LogP contribution in [0.5, 0.6) is 0 Å². The summed E-state index contributed by atoms with van der Waals surface area (Å²) in [5.74, 6) is -0.370. The topological polar surface area (TPSA) is 83.8 Å². The van der Waals surface area contributed by atoms with Crippen LogP contribution in [-0.2, 0) is 9.30 Å². The Morgan fingerprint density at radius 1 is 1.11 bits per heavy atom. The number of esters is 1. The molecule has 0 radical (unpaired) electrons. The number of unbranched alkanes of at least 4 members (excludes halogenated alkanes) is 2.